The molecule has 0 aromatic heterocycles. The zero-order valence-corrected chi connectivity index (χ0v) is 13.0. The van der Waals surface area contributed by atoms with Gasteiger partial charge in [-0.25, -0.2) is 0 Å². The Kier molecular flexibility index (Phi) is 8.62. The molecule has 4 nitrogen and oxygen atoms in total. The normalized spacial score (nSPS) is 11.1. The molecule has 0 amide bonds. The Bertz CT molecular complexity index is 386. The van der Waals surface area contributed by atoms with Gasteiger partial charge in [0.2, 0.25) is 0 Å². The Labute approximate surface area is 126 Å². The summed E-state index contributed by atoms with van der Waals surface area (Å²) in [5, 5.41) is 15.8. The monoisotopic (exact) mass is 300 g/mol. The van der Waals surface area contributed by atoms with Gasteiger partial charge in [-0.2, -0.15) is 0 Å². The standard InChI is InChI=1S/C15H25ClN2O2/c1-12(2)20-15-5-4-13(10-14(15)16)11-18-7-3-6-17-8-9-19/h4-5,10,12,17-19H,3,6-9,11H2,1-2H3. The van der Waals surface area contributed by atoms with Gasteiger partial charge >= 0.3 is 0 Å². The Morgan fingerprint density at radius 1 is 1.20 bits per heavy atom. The minimum absolute atomic E-state index is 0.128. The molecule has 0 bridgehead atoms. The van der Waals surface area contributed by atoms with Crippen molar-refractivity contribution in [3.05, 3.63) is 28.8 Å². The van der Waals surface area contributed by atoms with Gasteiger partial charge in [-0.05, 0) is 51.1 Å². The van der Waals surface area contributed by atoms with Crippen LogP contribution in [-0.4, -0.2) is 37.5 Å². The highest BCUT2D eigenvalue weighted by Gasteiger charge is 2.04. The second-order valence-corrected chi connectivity index (χ2v) is 5.34. The van der Waals surface area contributed by atoms with Gasteiger partial charge in [-0.1, -0.05) is 17.7 Å². The average Bonchev–Trinajstić information content (AvgIpc) is 2.40. The summed E-state index contributed by atoms with van der Waals surface area (Å²) < 4.78 is 5.60. The second-order valence-electron chi connectivity index (χ2n) is 4.94. The maximum absolute atomic E-state index is 8.62. The van der Waals surface area contributed by atoms with Gasteiger partial charge in [0.25, 0.3) is 0 Å². The summed E-state index contributed by atoms with van der Waals surface area (Å²) in [7, 11) is 0. The molecule has 0 aliphatic carbocycles. The van der Waals surface area contributed by atoms with Crippen LogP contribution in [0.3, 0.4) is 0 Å². The molecule has 0 heterocycles. The molecule has 0 aliphatic rings. The SMILES string of the molecule is CC(C)Oc1ccc(CNCCCNCCO)cc1Cl. The fraction of sp³-hybridized carbons (Fsp3) is 0.600. The molecule has 0 radical (unpaired) electrons. The molecule has 5 heteroatoms. The van der Waals surface area contributed by atoms with Crippen molar-refractivity contribution < 1.29 is 9.84 Å². The Morgan fingerprint density at radius 2 is 1.95 bits per heavy atom. The van der Waals surface area contributed by atoms with Crippen LogP contribution in [0.2, 0.25) is 5.02 Å². The van der Waals surface area contributed by atoms with Crippen LogP contribution in [0.1, 0.15) is 25.8 Å². The number of hydrogen-bond donors (Lipinski definition) is 3. The van der Waals surface area contributed by atoms with E-state index in [2.05, 4.69) is 10.6 Å². The quantitative estimate of drug-likeness (QED) is 0.580. The van der Waals surface area contributed by atoms with Crippen molar-refractivity contribution in [3.8, 4) is 5.75 Å². The Hall–Kier alpha value is -0.810. The van der Waals surface area contributed by atoms with E-state index in [9.17, 15) is 0 Å². The molecule has 0 unspecified atom stereocenters. The van der Waals surface area contributed by atoms with E-state index >= 15 is 0 Å². The highest BCUT2D eigenvalue weighted by Crippen LogP contribution is 2.26. The van der Waals surface area contributed by atoms with Gasteiger partial charge < -0.3 is 20.5 Å². The molecule has 3 N–H and O–H groups in total. The van der Waals surface area contributed by atoms with Crippen LogP contribution >= 0.6 is 11.6 Å². The molecule has 0 spiro atoms. The Balaban J connectivity index is 2.25. The van der Waals surface area contributed by atoms with Gasteiger partial charge in [-0.3, -0.25) is 0 Å². The third-order valence-corrected chi connectivity index (χ3v) is 2.98. The molecular formula is C15H25ClN2O2. The first-order valence-electron chi connectivity index (χ1n) is 7.11. The first kappa shape index (κ1) is 17.2. The van der Waals surface area contributed by atoms with Crippen molar-refractivity contribution >= 4 is 11.6 Å². The fourth-order valence-electron chi connectivity index (χ4n) is 1.78. The minimum Gasteiger partial charge on any atom is -0.489 e. The van der Waals surface area contributed by atoms with Gasteiger partial charge in [0.1, 0.15) is 5.75 Å². The molecule has 0 atom stereocenters. The summed E-state index contributed by atoms with van der Waals surface area (Å²) in [5.74, 6) is 0.735. The van der Waals surface area contributed by atoms with Crippen LogP contribution < -0.4 is 15.4 Å². The van der Waals surface area contributed by atoms with Crippen molar-refractivity contribution in [1.29, 1.82) is 0 Å². The molecule has 0 aliphatic heterocycles. The summed E-state index contributed by atoms with van der Waals surface area (Å²) in [5.41, 5.74) is 1.15. The molecule has 0 saturated carbocycles. The van der Waals surface area contributed by atoms with E-state index < -0.39 is 0 Å². The molecular weight excluding hydrogens is 276 g/mol. The highest BCUT2D eigenvalue weighted by atomic mass is 35.5. The number of aliphatic hydroxyl groups excluding tert-OH is 1. The molecule has 0 saturated heterocycles. The number of halogens is 1. The van der Waals surface area contributed by atoms with Gasteiger partial charge in [0, 0.05) is 13.1 Å². The van der Waals surface area contributed by atoms with Crippen LogP contribution in [-0.2, 0) is 6.54 Å². The largest absolute Gasteiger partial charge is 0.489 e. The Morgan fingerprint density at radius 3 is 2.60 bits per heavy atom. The maximum Gasteiger partial charge on any atom is 0.138 e. The summed E-state index contributed by atoms with van der Waals surface area (Å²) in [6, 6.07) is 5.89. The van der Waals surface area contributed by atoms with Crippen molar-refractivity contribution in [1.82, 2.24) is 10.6 Å². The van der Waals surface area contributed by atoms with Gasteiger partial charge in [0.15, 0.2) is 0 Å². The third kappa shape index (κ3) is 7.10. The summed E-state index contributed by atoms with van der Waals surface area (Å²) in [4.78, 5) is 0. The lowest BCUT2D eigenvalue weighted by atomic mass is 10.2. The highest BCUT2D eigenvalue weighted by molar-refractivity contribution is 6.32. The van der Waals surface area contributed by atoms with Crippen LogP contribution in [0.15, 0.2) is 18.2 Å². The third-order valence-electron chi connectivity index (χ3n) is 2.68. The summed E-state index contributed by atoms with van der Waals surface area (Å²) in [6.45, 7) is 7.45. The lowest BCUT2D eigenvalue weighted by Crippen LogP contribution is -2.23. The van der Waals surface area contributed by atoms with Crippen molar-refractivity contribution in [2.24, 2.45) is 0 Å². The van der Waals surface area contributed by atoms with Crippen molar-refractivity contribution in [2.75, 3.05) is 26.2 Å². The predicted octanol–water partition coefficient (Wildman–Crippen LogP) is 2.19. The van der Waals surface area contributed by atoms with Crippen molar-refractivity contribution in [3.63, 3.8) is 0 Å². The number of benzene rings is 1. The predicted molar refractivity (Wildman–Crippen MR) is 83.5 cm³/mol. The molecule has 1 rings (SSSR count). The number of rotatable bonds is 10. The topological polar surface area (TPSA) is 53.5 Å². The zero-order valence-electron chi connectivity index (χ0n) is 12.3. The number of ether oxygens (including phenoxy) is 1. The zero-order chi connectivity index (χ0) is 14.8. The second kappa shape index (κ2) is 10.00. The van der Waals surface area contributed by atoms with Crippen molar-refractivity contribution in [2.45, 2.75) is 32.9 Å². The van der Waals surface area contributed by atoms with E-state index in [1.165, 1.54) is 0 Å². The number of hydrogen-bond acceptors (Lipinski definition) is 4. The van der Waals surface area contributed by atoms with Gasteiger partial charge in [-0.15, -0.1) is 0 Å². The van der Waals surface area contributed by atoms with E-state index in [0.717, 1.165) is 37.4 Å². The summed E-state index contributed by atoms with van der Waals surface area (Å²) in [6.07, 6.45) is 1.16. The maximum atomic E-state index is 8.62. The molecule has 1 aromatic carbocycles. The molecule has 1 aromatic rings. The smallest absolute Gasteiger partial charge is 0.138 e. The first-order chi connectivity index (χ1) is 9.63. The first-order valence-corrected chi connectivity index (χ1v) is 7.48. The minimum atomic E-state index is 0.128. The van der Waals surface area contributed by atoms with Crippen LogP contribution in [0.5, 0.6) is 5.75 Å². The molecule has 114 valence electrons. The number of aliphatic hydroxyl groups is 1. The number of nitrogens with one attached hydrogen (secondary N) is 2. The van der Waals surface area contributed by atoms with E-state index in [-0.39, 0.29) is 12.7 Å². The van der Waals surface area contributed by atoms with Gasteiger partial charge in [0.05, 0.1) is 17.7 Å². The van der Waals surface area contributed by atoms with E-state index in [1.807, 2.05) is 32.0 Å². The van der Waals surface area contributed by atoms with E-state index in [0.29, 0.717) is 11.6 Å². The van der Waals surface area contributed by atoms with Crippen LogP contribution in [0, 0.1) is 0 Å². The lowest BCUT2D eigenvalue weighted by molar-refractivity contribution is 0.242. The average molecular weight is 301 g/mol. The van der Waals surface area contributed by atoms with Crippen LogP contribution in [0.25, 0.3) is 0 Å². The lowest BCUT2D eigenvalue weighted by Gasteiger charge is -2.12. The fourth-order valence-corrected chi connectivity index (χ4v) is 2.03. The molecule has 0 fully saturated rings. The van der Waals surface area contributed by atoms with Crippen LogP contribution in [0.4, 0.5) is 0 Å². The van der Waals surface area contributed by atoms with E-state index in [1.54, 1.807) is 0 Å². The van der Waals surface area contributed by atoms with E-state index in [4.69, 9.17) is 21.4 Å². The molecule has 20 heavy (non-hydrogen) atoms. The summed E-state index contributed by atoms with van der Waals surface area (Å²) >= 11 is 6.18.